The van der Waals surface area contributed by atoms with Crippen LogP contribution in [0.1, 0.15) is 41.3 Å². The van der Waals surface area contributed by atoms with E-state index in [0.29, 0.717) is 12.3 Å². The van der Waals surface area contributed by atoms with E-state index >= 15 is 0 Å². The van der Waals surface area contributed by atoms with Gasteiger partial charge in [0, 0.05) is 12.1 Å². The molecule has 0 unspecified atom stereocenters. The molecule has 2 rings (SSSR count). The Morgan fingerprint density at radius 3 is 2.65 bits per heavy atom. The van der Waals surface area contributed by atoms with Gasteiger partial charge >= 0.3 is 0 Å². The fraction of sp³-hybridized carbons (Fsp3) is 0.389. The van der Waals surface area contributed by atoms with Crippen molar-refractivity contribution in [3.63, 3.8) is 0 Å². The first-order valence-electron chi connectivity index (χ1n) is 7.60. The third-order valence-corrected chi connectivity index (χ3v) is 3.29. The number of carbonyl (C=O) groups is 1. The molecule has 0 radical (unpaired) electrons. The second-order valence-electron chi connectivity index (χ2n) is 6.49. The smallest absolute Gasteiger partial charge is 0.287 e. The van der Waals surface area contributed by atoms with Crippen LogP contribution < -0.4 is 15.8 Å². The van der Waals surface area contributed by atoms with Gasteiger partial charge in [0.25, 0.3) is 5.91 Å². The summed E-state index contributed by atoms with van der Waals surface area (Å²) in [7, 11) is 0. The van der Waals surface area contributed by atoms with Crippen molar-refractivity contribution in [3.8, 4) is 5.75 Å². The number of amides is 1. The summed E-state index contributed by atoms with van der Waals surface area (Å²) in [6.07, 6.45) is 0. The average Bonchev–Trinajstić information content (AvgIpc) is 2.92. The molecule has 1 heterocycles. The Morgan fingerprint density at radius 2 is 2.00 bits per heavy atom. The molecular weight excluding hydrogens is 292 g/mol. The highest BCUT2D eigenvalue weighted by Gasteiger charge is 2.16. The minimum atomic E-state index is -0.461. The van der Waals surface area contributed by atoms with Gasteiger partial charge in [-0.2, -0.15) is 0 Å². The van der Waals surface area contributed by atoms with Crippen molar-refractivity contribution >= 4 is 5.91 Å². The molecule has 1 aromatic carbocycles. The van der Waals surface area contributed by atoms with Gasteiger partial charge in [-0.05, 0) is 51.5 Å². The van der Waals surface area contributed by atoms with Gasteiger partial charge < -0.3 is 20.2 Å². The quantitative estimate of drug-likeness (QED) is 0.859. The van der Waals surface area contributed by atoms with E-state index in [1.807, 2.05) is 39.8 Å². The monoisotopic (exact) mass is 316 g/mol. The summed E-state index contributed by atoms with van der Waals surface area (Å²) < 4.78 is 11.3. The van der Waals surface area contributed by atoms with E-state index in [2.05, 4.69) is 11.4 Å². The highest BCUT2D eigenvalue weighted by Crippen LogP contribution is 2.20. The van der Waals surface area contributed by atoms with Crippen LogP contribution in [0.15, 0.2) is 34.7 Å². The van der Waals surface area contributed by atoms with Gasteiger partial charge in [-0.15, -0.1) is 0 Å². The molecule has 0 saturated carbocycles. The summed E-state index contributed by atoms with van der Waals surface area (Å²) in [5.74, 6) is 1.39. The summed E-state index contributed by atoms with van der Waals surface area (Å²) in [6, 6.07) is 9.37. The van der Waals surface area contributed by atoms with Crippen molar-refractivity contribution in [2.45, 2.75) is 39.8 Å². The molecule has 0 aliphatic carbocycles. The number of nitrogens with one attached hydrogen (secondary N) is 1. The SMILES string of the molecule is Cc1ccc(OCc2ccc(C(=O)NCC(C)(C)N)o2)c(C)c1. The Labute approximate surface area is 136 Å². The number of benzene rings is 1. The Hall–Kier alpha value is -2.27. The molecule has 0 aliphatic rings. The van der Waals surface area contributed by atoms with E-state index in [1.165, 1.54) is 5.56 Å². The van der Waals surface area contributed by atoms with Crippen LogP contribution >= 0.6 is 0 Å². The lowest BCUT2D eigenvalue weighted by Crippen LogP contribution is -2.45. The number of ether oxygens (including phenoxy) is 1. The summed E-state index contributed by atoms with van der Waals surface area (Å²) in [4.78, 5) is 12.0. The van der Waals surface area contributed by atoms with E-state index in [4.69, 9.17) is 14.9 Å². The molecule has 0 saturated heterocycles. The van der Waals surface area contributed by atoms with Crippen LogP contribution in [0.3, 0.4) is 0 Å². The molecule has 0 bridgehead atoms. The zero-order chi connectivity index (χ0) is 17.0. The molecule has 0 atom stereocenters. The third-order valence-electron chi connectivity index (χ3n) is 3.29. The summed E-state index contributed by atoms with van der Waals surface area (Å²) in [5.41, 5.74) is 7.64. The summed E-state index contributed by atoms with van der Waals surface area (Å²) in [6.45, 7) is 8.38. The van der Waals surface area contributed by atoms with E-state index in [9.17, 15) is 4.79 Å². The molecule has 23 heavy (non-hydrogen) atoms. The van der Waals surface area contributed by atoms with Crippen LogP contribution in [-0.4, -0.2) is 18.0 Å². The third kappa shape index (κ3) is 5.14. The summed E-state index contributed by atoms with van der Waals surface area (Å²) >= 11 is 0. The first-order valence-corrected chi connectivity index (χ1v) is 7.60. The lowest BCUT2D eigenvalue weighted by Gasteiger charge is -2.18. The lowest BCUT2D eigenvalue weighted by molar-refractivity contribution is 0.0914. The summed E-state index contributed by atoms with van der Waals surface area (Å²) in [5, 5.41) is 2.74. The second-order valence-corrected chi connectivity index (χ2v) is 6.49. The number of hydrogen-bond donors (Lipinski definition) is 2. The van der Waals surface area contributed by atoms with Gasteiger partial charge in [0.1, 0.15) is 18.1 Å². The molecule has 0 aliphatic heterocycles. The second kappa shape index (κ2) is 6.87. The Kier molecular flexibility index (Phi) is 5.11. The fourth-order valence-electron chi connectivity index (χ4n) is 2.08. The molecule has 1 amide bonds. The molecular formula is C18H24N2O3. The van der Waals surface area contributed by atoms with Crippen LogP contribution in [0, 0.1) is 13.8 Å². The normalized spacial score (nSPS) is 11.3. The van der Waals surface area contributed by atoms with Gasteiger partial charge in [-0.3, -0.25) is 4.79 Å². The number of hydrogen-bond acceptors (Lipinski definition) is 4. The maximum Gasteiger partial charge on any atom is 0.287 e. The minimum absolute atomic E-state index is 0.258. The molecule has 5 heteroatoms. The van der Waals surface area contributed by atoms with Gasteiger partial charge in [0.2, 0.25) is 0 Å². The maximum absolute atomic E-state index is 12.0. The van der Waals surface area contributed by atoms with Crippen molar-refractivity contribution < 1.29 is 13.9 Å². The number of nitrogens with two attached hydrogens (primary N) is 1. The predicted molar refractivity (Wildman–Crippen MR) is 89.6 cm³/mol. The van der Waals surface area contributed by atoms with Crippen molar-refractivity contribution in [2.75, 3.05) is 6.54 Å². The molecule has 5 nitrogen and oxygen atoms in total. The first kappa shape index (κ1) is 17.1. The Morgan fingerprint density at radius 1 is 1.26 bits per heavy atom. The number of carbonyl (C=O) groups excluding carboxylic acids is 1. The molecule has 3 N–H and O–H groups in total. The average molecular weight is 316 g/mol. The van der Waals surface area contributed by atoms with E-state index in [0.717, 1.165) is 11.3 Å². The van der Waals surface area contributed by atoms with Crippen LogP contribution in [0.4, 0.5) is 0 Å². The first-order chi connectivity index (χ1) is 10.7. The topological polar surface area (TPSA) is 77.5 Å². The number of aryl methyl sites for hydroxylation is 2. The van der Waals surface area contributed by atoms with Crippen LogP contribution in [0.5, 0.6) is 5.75 Å². The lowest BCUT2D eigenvalue weighted by atomic mass is 10.1. The van der Waals surface area contributed by atoms with Crippen LogP contribution in [0.25, 0.3) is 0 Å². The zero-order valence-corrected chi connectivity index (χ0v) is 14.1. The Balaban J connectivity index is 1.93. The molecule has 0 fully saturated rings. The molecule has 0 spiro atoms. The van der Waals surface area contributed by atoms with Crippen molar-refractivity contribution in [1.82, 2.24) is 5.32 Å². The Bertz CT molecular complexity index is 684. The van der Waals surface area contributed by atoms with E-state index in [-0.39, 0.29) is 18.3 Å². The van der Waals surface area contributed by atoms with Gasteiger partial charge in [0.05, 0.1) is 0 Å². The van der Waals surface area contributed by atoms with Gasteiger partial charge in [-0.25, -0.2) is 0 Å². The van der Waals surface area contributed by atoms with E-state index < -0.39 is 5.54 Å². The van der Waals surface area contributed by atoms with Crippen LogP contribution in [-0.2, 0) is 6.61 Å². The molecule has 1 aromatic heterocycles. The van der Waals surface area contributed by atoms with Crippen molar-refractivity contribution in [1.29, 1.82) is 0 Å². The molecule has 2 aromatic rings. The highest BCUT2D eigenvalue weighted by molar-refractivity contribution is 5.91. The molecule has 124 valence electrons. The van der Waals surface area contributed by atoms with E-state index in [1.54, 1.807) is 12.1 Å². The minimum Gasteiger partial charge on any atom is -0.485 e. The van der Waals surface area contributed by atoms with Gasteiger partial charge in [-0.1, -0.05) is 17.7 Å². The fourth-order valence-corrected chi connectivity index (χ4v) is 2.08. The number of furan rings is 1. The highest BCUT2D eigenvalue weighted by atomic mass is 16.5. The van der Waals surface area contributed by atoms with Gasteiger partial charge in [0.15, 0.2) is 5.76 Å². The number of rotatable bonds is 6. The van der Waals surface area contributed by atoms with Crippen molar-refractivity contribution in [2.24, 2.45) is 5.73 Å². The standard InChI is InChI=1S/C18H24N2O3/c1-12-5-7-15(13(2)9-12)22-10-14-6-8-16(23-14)17(21)20-11-18(3,4)19/h5-9H,10-11,19H2,1-4H3,(H,20,21). The largest absolute Gasteiger partial charge is 0.485 e. The predicted octanol–water partition coefficient (Wildman–Crippen LogP) is 2.94. The zero-order valence-electron chi connectivity index (χ0n) is 14.1. The van der Waals surface area contributed by atoms with Crippen molar-refractivity contribution in [3.05, 3.63) is 53.0 Å². The maximum atomic E-state index is 12.0. The van der Waals surface area contributed by atoms with Crippen LogP contribution in [0.2, 0.25) is 0 Å².